The van der Waals surface area contributed by atoms with Gasteiger partial charge in [-0.3, -0.25) is 9.59 Å². The molecule has 0 atom stereocenters. The summed E-state index contributed by atoms with van der Waals surface area (Å²) in [6.45, 7) is 2.83. The van der Waals surface area contributed by atoms with Crippen LogP contribution >= 0.6 is 0 Å². The van der Waals surface area contributed by atoms with Crippen molar-refractivity contribution in [2.75, 3.05) is 32.7 Å². The number of hydrogen-bond acceptors (Lipinski definition) is 5. The monoisotopic (exact) mass is 509 g/mol. The third-order valence-electron chi connectivity index (χ3n) is 7.16. The minimum atomic E-state index is -3.51. The number of rotatable bonds is 6. The van der Waals surface area contributed by atoms with Gasteiger partial charge in [0.05, 0.1) is 4.90 Å². The van der Waals surface area contributed by atoms with Crippen molar-refractivity contribution in [3.05, 3.63) is 65.9 Å². The van der Waals surface area contributed by atoms with E-state index in [1.165, 1.54) is 16.4 Å². The molecule has 5 rings (SSSR count). The molecule has 8 nitrogen and oxygen atoms in total. The van der Waals surface area contributed by atoms with Crippen LogP contribution < -0.4 is 5.32 Å². The van der Waals surface area contributed by atoms with Crippen LogP contribution in [0.25, 0.3) is 11.0 Å². The topological polar surface area (TPSA) is 99.9 Å². The zero-order chi connectivity index (χ0) is 25.1. The first-order valence-electron chi connectivity index (χ1n) is 12.6. The Morgan fingerprint density at radius 3 is 2.31 bits per heavy atom. The van der Waals surface area contributed by atoms with Gasteiger partial charge in [0.25, 0.3) is 11.8 Å². The van der Waals surface area contributed by atoms with Gasteiger partial charge in [-0.2, -0.15) is 4.31 Å². The quantitative estimate of drug-likeness (QED) is 0.544. The van der Waals surface area contributed by atoms with Gasteiger partial charge in [0.2, 0.25) is 10.0 Å². The molecule has 2 aliphatic rings. The lowest BCUT2D eigenvalue weighted by Gasteiger charge is -2.31. The molecule has 2 aromatic carbocycles. The number of carbonyl (C=O) groups is 2. The van der Waals surface area contributed by atoms with E-state index in [0.29, 0.717) is 49.6 Å². The third kappa shape index (κ3) is 5.17. The van der Waals surface area contributed by atoms with E-state index in [2.05, 4.69) is 5.32 Å². The Morgan fingerprint density at radius 1 is 0.917 bits per heavy atom. The molecule has 2 saturated heterocycles. The number of hydrogen-bond donors (Lipinski definition) is 1. The SMILES string of the molecule is O=C(NCC1CCN(C(=O)c2cc3ccccc3o2)CC1)c1ccc(S(=O)(=O)N2CCCCC2)cc1. The van der Waals surface area contributed by atoms with Crippen LogP contribution in [0.15, 0.2) is 63.9 Å². The second-order valence-corrected chi connectivity index (χ2v) is 11.5. The Balaban J connectivity index is 1.11. The zero-order valence-electron chi connectivity index (χ0n) is 20.2. The number of nitrogens with zero attached hydrogens (tertiary/aromatic N) is 2. The van der Waals surface area contributed by atoms with Crippen molar-refractivity contribution >= 4 is 32.8 Å². The molecule has 0 spiro atoms. The van der Waals surface area contributed by atoms with E-state index < -0.39 is 10.0 Å². The number of benzene rings is 2. The number of likely N-dealkylation sites (tertiary alicyclic amines) is 1. The molecule has 0 aliphatic carbocycles. The fourth-order valence-corrected chi connectivity index (χ4v) is 6.47. The number of carbonyl (C=O) groups excluding carboxylic acids is 2. The molecule has 1 aromatic heterocycles. The first-order valence-corrected chi connectivity index (χ1v) is 14.0. The Labute approximate surface area is 211 Å². The van der Waals surface area contributed by atoms with Crippen molar-refractivity contribution < 1.29 is 22.4 Å². The van der Waals surface area contributed by atoms with E-state index in [-0.39, 0.29) is 22.6 Å². The van der Waals surface area contributed by atoms with E-state index in [1.807, 2.05) is 24.3 Å². The van der Waals surface area contributed by atoms with Crippen LogP contribution in [-0.4, -0.2) is 62.2 Å². The number of furan rings is 1. The second kappa shape index (κ2) is 10.4. The summed E-state index contributed by atoms with van der Waals surface area (Å²) in [6.07, 6.45) is 4.40. The molecular formula is C27H31N3O5S. The third-order valence-corrected chi connectivity index (χ3v) is 9.07. The Kier molecular flexibility index (Phi) is 7.11. The number of piperidine rings is 2. The van der Waals surface area contributed by atoms with Crippen molar-refractivity contribution in [3.8, 4) is 0 Å². The largest absolute Gasteiger partial charge is 0.451 e. The number of para-hydroxylation sites is 1. The molecule has 3 aromatic rings. The smallest absolute Gasteiger partial charge is 0.289 e. The van der Waals surface area contributed by atoms with Gasteiger partial charge >= 0.3 is 0 Å². The summed E-state index contributed by atoms with van der Waals surface area (Å²) in [5.41, 5.74) is 1.14. The maximum Gasteiger partial charge on any atom is 0.289 e. The molecule has 2 amide bonds. The summed E-state index contributed by atoms with van der Waals surface area (Å²) in [5, 5.41) is 3.88. The van der Waals surface area contributed by atoms with Crippen LogP contribution in [0.3, 0.4) is 0 Å². The van der Waals surface area contributed by atoms with Gasteiger partial charge in [-0.1, -0.05) is 24.6 Å². The molecule has 9 heteroatoms. The summed E-state index contributed by atoms with van der Waals surface area (Å²) >= 11 is 0. The van der Waals surface area contributed by atoms with Crippen LogP contribution in [0.1, 0.15) is 53.0 Å². The molecular weight excluding hydrogens is 478 g/mol. The Hall–Kier alpha value is -3.17. The average Bonchev–Trinajstić information content (AvgIpc) is 3.37. The summed E-state index contributed by atoms with van der Waals surface area (Å²) in [7, 11) is -3.51. The Bertz CT molecular complexity index is 1300. The van der Waals surface area contributed by atoms with Gasteiger partial charge in [0.1, 0.15) is 5.58 Å². The maximum atomic E-state index is 12.8. The lowest BCUT2D eigenvalue weighted by Crippen LogP contribution is -2.41. The van der Waals surface area contributed by atoms with Crippen LogP contribution in [-0.2, 0) is 10.0 Å². The minimum Gasteiger partial charge on any atom is -0.451 e. The lowest BCUT2D eigenvalue weighted by atomic mass is 9.96. The van der Waals surface area contributed by atoms with Crippen LogP contribution in [0.4, 0.5) is 0 Å². The molecule has 0 unspecified atom stereocenters. The lowest BCUT2D eigenvalue weighted by molar-refractivity contribution is 0.0655. The van der Waals surface area contributed by atoms with Gasteiger partial charge in [0.15, 0.2) is 5.76 Å². The standard InChI is InChI=1S/C27H31N3O5S/c31-26(21-8-10-23(11-9-21)36(33,34)30-14-4-1-5-15-30)28-19-20-12-16-29(17-13-20)27(32)25-18-22-6-2-3-7-24(22)35-25/h2-3,6-11,18,20H,1,4-5,12-17,19H2,(H,28,31). The van der Waals surface area contributed by atoms with Gasteiger partial charge in [-0.05, 0) is 68.0 Å². The van der Waals surface area contributed by atoms with Gasteiger partial charge in [0, 0.05) is 43.7 Å². The number of nitrogens with one attached hydrogen (secondary N) is 1. The van der Waals surface area contributed by atoms with E-state index in [9.17, 15) is 18.0 Å². The minimum absolute atomic E-state index is 0.103. The van der Waals surface area contributed by atoms with Gasteiger partial charge in [-0.25, -0.2) is 8.42 Å². The number of sulfonamides is 1. The number of fused-ring (bicyclic) bond motifs is 1. The van der Waals surface area contributed by atoms with Crippen LogP contribution in [0, 0.1) is 5.92 Å². The summed E-state index contributed by atoms with van der Waals surface area (Å²) < 4.78 is 32.8. The zero-order valence-corrected chi connectivity index (χ0v) is 21.0. The van der Waals surface area contributed by atoms with Crippen LogP contribution in [0.5, 0.6) is 0 Å². The summed E-state index contributed by atoms with van der Waals surface area (Å²) in [6, 6.07) is 15.5. The molecule has 2 aliphatic heterocycles. The van der Waals surface area contributed by atoms with Crippen molar-refractivity contribution in [3.63, 3.8) is 0 Å². The van der Waals surface area contributed by atoms with E-state index in [4.69, 9.17) is 4.42 Å². The molecule has 2 fully saturated rings. The highest BCUT2D eigenvalue weighted by atomic mass is 32.2. The molecule has 36 heavy (non-hydrogen) atoms. The van der Waals surface area contributed by atoms with Crippen LogP contribution in [0.2, 0.25) is 0 Å². The number of amides is 2. The van der Waals surface area contributed by atoms with Crippen molar-refractivity contribution in [1.29, 1.82) is 0 Å². The second-order valence-electron chi connectivity index (χ2n) is 9.58. The fourth-order valence-electron chi connectivity index (χ4n) is 4.95. The normalized spacial score (nSPS) is 17.8. The predicted molar refractivity (Wildman–Crippen MR) is 136 cm³/mol. The first-order chi connectivity index (χ1) is 17.4. The highest BCUT2D eigenvalue weighted by Crippen LogP contribution is 2.24. The van der Waals surface area contributed by atoms with Gasteiger partial charge < -0.3 is 14.6 Å². The molecule has 0 bridgehead atoms. The highest BCUT2D eigenvalue weighted by molar-refractivity contribution is 7.89. The summed E-state index contributed by atoms with van der Waals surface area (Å²) in [5.74, 6) is 0.298. The highest BCUT2D eigenvalue weighted by Gasteiger charge is 2.27. The van der Waals surface area contributed by atoms with E-state index >= 15 is 0 Å². The molecule has 0 radical (unpaired) electrons. The van der Waals surface area contributed by atoms with E-state index in [0.717, 1.165) is 37.5 Å². The molecule has 0 saturated carbocycles. The predicted octanol–water partition coefficient (Wildman–Crippen LogP) is 3.89. The molecule has 1 N–H and O–H groups in total. The first kappa shape index (κ1) is 24.5. The van der Waals surface area contributed by atoms with E-state index in [1.54, 1.807) is 23.1 Å². The maximum absolute atomic E-state index is 12.8. The summed E-state index contributed by atoms with van der Waals surface area (Å²) in [4.78, 5) is 27.5. The molecule has 3 heterocycles. The Morgan fingerprint density at radius 2 is 1.61 bits per heavy atom. The average molecular weight is 510 g/mol. The van der Waals surface area contributed by atoms with Crippen molar-refractivity contribution in [1.82, 2.24) is 14.5 Å². The van der Waals surface area contributed by atoms with Crippen molar-refractivity contribution in [2.24, 2.45) is 5.92 Å². The van der Waals surface area contributed by atoms with Crippen molar-refractivity contribution in [2.45, 2.75) is 37.0 Å². The molecule has 190 valence electrons. The fraction of sp³-hybridized carbons (Fsp3) is 0.407. The van der Waals surface area contributed by atoms with Gasteiger partial charge in [-0.15, -0.1) is 0 Å².